The van der Waals surface area contributed by atoms with Gasteiger partial charge in [-0.1, -0.05) is 42.0 Å². The Hall–Kier alpha value is -2.16. The molecular weight excluding hydrogens is 265 g/mol. The van der Waals surface area contributed by atoms with Crippen molar-refractivity contribution in [3.8, 4) is 0 Å². The van der Waals surface area contributed by atoms with Gasteiger partial charge in [0.15, 0.2) is 0 Å². The molecule has 0 aliphatic carbocycles. The van der Waals surface area contributed by atoms with Gasteiger partial charge >= 0.3 is 0 Å². The van der Waals surface area contributed by atoms with E-state index in [4.69, 9.17) is 0 Å². The fourth-order valence-electron chi connectivity index (χ4n) is 2.93. The molecule has 0 aromatic heterocycles. The monoisotopic (exact) mass is 283 g/mol. The maximum absolute atomic E-state index is 13.8. The van der Waals surface area contributed by atoms with E-state index in [0.29, 0.717) is 6.54 Å². The molecule has 0 bridgehead atoms. The second kappa shape index (κ2) is 5.68. The van der Waals surface area contributed by atoms with Crippen LogP contribution in [0.3, 0.4) is 0 Å². The van der Waals surface area contributed by atoms with Gasteiger partial charge in [-0.15, -0.1) is 0 Å². The number of halogens is 1. The predicted octanol–water partition coefficient (Wildman–Crippen LogP) is 4.11. The summed E-state index contributed by atoms with van der Waals surface area (Å²) in [5.41, 5.74) is 2.49. The van der Waals surface area contributed by atoms with Crippen LogP contribution in [0.15, 0.2) is 48.5 Å². The predicted molar refractivity (Wildman–Crippen MR) is 80.6 cm³/mol. The Morgan fingerprint density at radius 1 is 1.14 bits per heavy atom. The van der Waals surface area contributed by atoms with E-state index < -0.39 is 5.82 Å². The van der Waals surface area contributed by atoms with Crippen LogP contribution in [0.25, 0.3) is 0 Å². The fraction of sp³-hybridized carbons (Fsp3) is 0.278. The molecule has 0 radical (unpaired) electrons. The maximum Gasteiger partial charge on any atom is 0.257 e. The molecule has 1 atom stereocenters. The lowest BCUT2D eigenvalue weighted by Gasteiger charge is -2.25. The molecule has 3 rings (SSSR count). The van der Waals surface area contributed by atoms with Crippen LogP contribution in [0.1, 0.15) is 40.4 Å². The van der Waals surface area contributed by atoms with Crippen LogP contribution in [0.5, 0.6) is 0 Å². The summed E-state index contributed by atoms with van der Waals surface area (Å²) in [5.74, 6) is -0.659. The molecule has 1 heterocycles. The first-order valence-electron chi connectivity index (χ1n) is 7.29. The number of benzene rings is 2. The molecule has 2 nitrogen and oxygen atoms in total. The first-order valence-corrected chi connectivity index (χ1v) is 7.29. The number of hydrogen-bond acceptors (Lipinski definition) is 1. The minimum absolute atomic E-state index is 0.0534. The molecular formula is C18H18FNO. The zero-order chi connectivity index (χ0) is 14.8. The van der Waals surface area contributed by atoms with Gasteiger partial charge in [-0.05, 0) is 37.5 Å². The van der Waals surface area contributed by atoms with Gasteiger partial charge in [-0.2, -0.15) is 0 Å². The molecule has 2 aromatic rings. The average molecular weight is 283 g/mol. The topological polar surface area (TPSA) is 20.3 Å². The van der Waals surface area contributed by atoms with Gasteiger partial charge in [0.2, 0.25) is 0 Å². The van der Waals surface area contributed by atoms with Gasteiger partial charge in [0.05, 0.1) is 11.6 Å². The van der Waals surface area contributed by atoms with Crippen LogP contribution < -0.4 is 0 Å². The molecule has 0 N–H and O–H groups in total. The minimum atomic E-state index is -0.447. The van der Waals surface area contributed by atoms with Crippen molar-refractivity contribution in [1.29, 1.82) is 0 Å². The Bertz CT molecular complexity index is 651. The highest BCUT2D eigenvalue weighted by molar-refractivity contribution is 5.95. The number of carbonyl (C=O) groups excluding carboxylic acids is 1. The van der Waals surface area contributed by atoms with Crippen molar-refractivity contribution in [2.75, 3.05) is 6.54 Å². The van der Waals surface area contributed by atoms with Crippen molar-refractivity contribution in [3.05, 3.63) is 71.0 Å². The van der Waals surface area contributed by atoms with Gasteiger partial charge in [-0.25, -0.2) is 4.39 Å². The Morgan fingerprint density at radius 2 is 1.86 bits per heavy atom. The SMILES string of the molecule is Cc1ccc([C@H]2CCCN2C(=O)c2ccccc2F)cc1. The molecule has 108 valence electrons. The van der Waals surface area contributed by atoms with Crippen LogP contribution in [-0.2, 0) is 0 Å². The number of rotatable bonds is 2. The second-order valence-electron chi connectivity index (χ2n) is 5.55. The van der Waals surface area contributed by atoms with E-state index in [1.54, 1.807) is 23.1 Å². The van der Waals surface area contributed by atoms with Crippen LogP contribution in [0, 0.1) is 12.7 Å². The molecule has 0 spiro atoms. The summed E-state index contributed by atoms with van der Waals surface area (Å²) in [7, 11) is 0. The fourth-order valence-corrected chi connectivity index (χ4v) is 2.93. The highest BCUT2D eigenvalue weighted by atomic mass is 19.1. The van der Waals surface area contributed by atoms with Crippen molar-refractivity contribution in [3.63, 3.8) is 0 Å². The molecule has 21 heavy (non-hydrogen) atoms. The molecule has 1 saturated heterocycles. The summed E-state index contributed by atoms with van der Waals surface area (Å²) < 4.78 is 13.8. The largest absolute Gasteiger partial charge is 0.332 e. The third kappa shape index (κ3) is 2.68. The maximum atomic E-state index is 13.8. The summed E-state index contributed by atoms with van der Waals surface area (Å²) in [6.07, 6.45) is 1.89. The third-order valence-electron chi connectivity index (χ3n) is 4.08. The average Bonchev–Trinajstić information content (AvgIpc) is 2.97. The van der Waals surface area contributed by atoms with E-state index in [1.807, 2.05) is 6.92 Å². The van der Waals surface area contributed by atoms with Crippen molar-refractivity contribution in [1.82, 2.24) is 4.90 Å². The molecule has 1 aliphatic rings. The molecule has 0 saturated carbocycles. The van der Waals surface area contributed by atoms with Crippen LogP contribution in [-0.4, -0.2) is 17.4 Å². The highest BCUT2D eigenvalue weighted by Gasteiger charge is 2.31. The summed E-state index contributed by atoms with van der Waals surface area (Å²) >= 11 is 0. The molecule has 2 aromatic carbocycles. The highest BCUT2D eigenvalue weighted by Crippen LogP contribution is 2.33. The smallest absolute Gasteiger partial charge is 0.257 e. The number of amides is 1. The van der Waals surface area contributed by atoms with Crippen molar-refractivity contribution < 1.29 is 9.18 Å². The Labute approximate surface area is 124 Å². The van der Waals surface area contributed by atoms with E-state index in [0.717, 1.165) is 18.4 Å². The molecule has 1 aliphatic heterocycles. The summed E-state index contributed by atoms with van der Waals surface area (Å²) in [5, 5.41) is 0. The third-order valence-corrected chi connectivity index (χ3v) is 4.08. The molecule has 1 amide bonds. The van der Waals surface area contributed by atoms with Crippen LogP contribution in [0.2, 0.25) is 0 Å². The summed E-state index contributed by atoms with van der Waals surface area (Å²) in [6.45, 7) is 2.73. The summed E-state index contributed by atoms with van der Waals surface area (Å²) in [4.78, 5) is 14.4. The Morgan fingerprint density at radius 3 is 2.57 bits per heavy atom. The van der Waals surface area contributed by atoms with E-state index in [2.05, 4.69) is 24.3 Å². The van der Waals surface area contributed by atoms with Crippen molar-refractivity contribution >= 4 is 5.91 Å². The lowest BCUT2D eigenvalue weighted by molar-refractivity contribution is 0.0731. The standard InChI is InChI=1S/C18H18FNO/c1-13-8-10-14(11-9-13)17-7-4-12-20(17)18(21)15-5-2-3-6-16(15)19/h2-3,5-6,8-11,17H,4,7,12H2,1H3/t17-/m1/s1. The molecule has 3 heteroatoms. The zero-order valence-electron chi connectivity index (χ0n) is 12.1. The first kappa shape index (κ1) is 13.8. The number of likely N-dealkylation sites (tertiary alicyclic amines) is 1. The van der Waals surface area contributed by atoms with E-state index in [9.17, 15) is 9.18 Å². The number of carbonyl (C=O) groups is 1. The van der Waals surface area contributed by atoms with Gasteiger partial charge < -0.3 is 4.90 Å². The lowest BCUT2D eigenvalue weighted by atomic mass is 10.0. The summed E-state index contributed by atoms with van der Waals surface area (Å²) in [6, 6.07) is 14.5. The van der Waals surface area contributed by atoms with Gasteiger partial charge in [-0.3, -0.25) is 4.79 Å². The first-order chi connectivity index (χ1) is 10.2. The van der Waals surface area contributed by atoms with E-state index in [1.165, 1.54) is 11.6 Å². The van der Waals surface area contributed by atoms with E-state index in [-0.39, 0.29) is 17.5 Å². The Kier molecular flexibility index (Phi) is 3.74. The van der Waals surface area contributed by atoms with Crippen LogP contribution in [0.4, 0.5) is 4.39 Å². The van der Waals surface area contributed by atoms with Gasteiger partial charge in [0, 0.05) is 6.54 Å². The zero-order valence-corrected chi connectivity index (χ0v) is 12.1. The van der Waals surface area contributed by atoms with Crippen molar-refractivity contribution in [2.24, 2.45) is 0 Å². The Balaban J connectivity index is 1.89. The van der Waals surface area contributed by atoms with Gasteiger partial charge in [0.1, 0.15) is 5.82 Å². The van der Waals surface area contributed by atoms with E-state index >= 15 is 0 Å². The molecule has 1 fully saturated rings. The molecule has 0 unspecified atom stereocenters. The van der Waals surface area contributed by atoms with Crippen LogP contribution >= 0.6 is 0 Å². The number of nitrogens with zero attached hydrogens (tertiary/aromatic N) is 1. The number of aryl methyl sites for hydroxylation is 1. The quantitative estimate of drug-likeness (QED) is 0.812. The van der Waals surface area contributed by atoms with Crippen molar-refractivity contribution in [2.45, 2.75) is 25.8 Å². The number of hydrogen-bond donors (Lipinski definition) is 0. The normalized spacial score (nSPS) is 18.0. The lowest BCUT2D eigenvalue weighted by Crippen LogP contribution is -2.31. The second-order valence-corrected chi connectivity index (χ2v) is 5.55. The van der Waals surface area contributed by atoms with Gasteiger partial charge in [0.25, 0.3) is 5.91 Å². The minimum Gasteiger partial charge on any atom is -0.332 e.